The number of benzene rings is 2. The van der Waals surface area contributed by atoms with Crippen molar-refractivity contribution in [3.8, 4) is 0 Å². The Balaban J connectivity index is 2.25. The smallest absolute Gasteiger partial charge is 0.255 e. The molecule has 0 saturated heterocycles. The van der Waals surface area contributed by atoms with Crippen LogP contribution in [0.5, 0.6) is 0 Å². The number of rotatable bonds is 3. The van der Waals surface area contributed by atoms with Crippen molar-refractivity contribution in [1.82, 2.24) is 0 Å². The summed E-state index contributed by atoms with van der Waals surface area (Å²) in [5, 5.41) is 3.61. The Kier molecular flexibility index (Phi) is 4.83. The number of nitrogens with one attached hydrogen (secondary N) is 1. The van der Waals surface area contributed by atoms with E-state index < -0.39 is 0 Å². The number of anilines is 1. The molecule has 0 aliphatic heterocycles. The predicted molar refractivity (Wildman–Crippen MR) is 91.5 cm³/mol. The van der Waals surface area contributed by atoms with Crippen molar-refractivity contribution in [3.63, 3.8) is 0 Å². The van der Waals surface area contributed by atoms with Gasteiger partial charge in [0.2, 0.25) is 0 Å². The van der Waals surface area contributed by atoms with Crippen LogP contribution in [0.25, 0.3) is 0 Å². The fourth-order valence-electron chi connectivity index (χ4n) is 1.83. The van der Waals surface area contributed by atoms with Gasteiger partial charge in [0.15, 0.2) is 0 Å². The van der Waals surface area contributed by atoms with Crippen LogP contribution in [0.2, 0.25) is 10.0 Å². The van der Waals surface area contributed by atoms with E-state index in [-0.39, 0.29) is 10.9 Å². The maximum absolute atomic E-state index is 12.2. The van der Waals surface area contributed by atoms with Crippen LogP contribution in [-0.4, -0.2) is 10.9 Å². The summed E-state index contributed by atoms with van der Waals surface area (Å²) in [6.07, 6.45) is 0. The highest BCUT2D eigenvalue weighted by Gasteiger charge is 2.10. The number of nitrogens with two attached hydrogens (primary N) is 1. The molecule has 0 spiro atoms. The third kappa shape index (κ3) is 3.94. The minimum atomic E-state index is -0.287. The number of amides is 1. The summed E-state index contributed by atoms with van der Waals surface area (Å²) in [5.41, 5.74) is 8.03. The number of aryl methyl sites for hydroxylation is 1. The van der Waals surface area contributed by atoms with Crippen LogP contribution in [0.15, 0.2) is 36.4 Å². The first-order valence-electron chi connectivity index (χ1n) is 6.04. The van der Waals surface area contributed by atoms with Crippen LogP contribution in [0, 0.1) is 6.92 Å². The predicted octanol–water partition coefficient (Wildman–Crippen LogP) is 4.19. The molecule has 2 rings (SSSR count). The number of carbonyl (C=O) groups is 1. The van der Waals surface area contributed by atoms with Crippen LogP contribution in [0.4, 0.5) is 5.69 Å². The van der Waals surface area contributed by atoms with Crippen molar-refractivity contribution in [2.75, 3.05) is 5.32 Å². The van der Waals surface area contributed by atoms with Crippen molar-refractivity contribution in [3.05, 3.63) is 63.1 Å². The van der Waals surface area contributed by atoms with Gasteiger partial charge in [-0.2, -0.15) is 0 Å². The second-order valence-electron chi connectivity index (χ2n) is 4.53. The van der Waals surface area contributed by atoms with E-state index in [0.717, 1.165) is 5.56 Å². The summed E-state index contributed by atoms with van der Waals surface area (Å²) >= 11 is 16.9. The Morgan fingerprint density at radius 3 is 2.43 bits per heavy atom. The molecule has 21 heavy (non-hydrogen) atoms. The largest absolute Gasteiger partial charge is 0.389 e. The van der Waals surface area contributed by atoms with Gasteiger partial charge in [0, 0.05) is 16.1 Å². The van der Waals surface area contributed by atoms with E-state index in [1.165, 1.54) is 0 Å². The van der Waals surface area contributed by atoms with Gasteiger partial charge in [-0.15, -0.1) is 0 Å². The van der Waals surface area contributed by atoms with Crippen molar-refractivity contribution >= 4 is 52.0 Å². The number of halogens is 2. The van der Waals surface area contributed by atoms with E-state index in [1.807, 2.05) is 6.92 Å². The average molecular weight is 339 g/mol. The third-order valence-corrected chi connectivity index (χ3v) is 3.57. The fourth-order valence-corrected chi connectivity index (χ4v) is 2.48. The molecule has 0 radical (unpaired) electrons. The Hall–Kier alpha value is -1.62. The molecular weight excluding hydrogens is 327 g/mol. The second-order valence-corrected chi connectivity index (χ2v) is 5.81. The van der Waals surface area contributed by atoms with Crippen LogP contribution in [0.1, 0.15) is 21.5 Å². The summed E-state index contributed by atoms with van der Waals surface area (Å²) in [6, 6.07) is 10.1. The third-order valence-electron chi connectivity index (χ3n) is 2.81. The summed E-state index contributed by atoms with van der Waals surface area (Å²) in [7, 11) is 0. The maximum atomic E-state index is 12.2. The van der Waals surface area contributed by atoms with E-state index in [0.29, 0.717) is 26.9 Å². The van der Waals surface area contributed by atoms with Crippen LogP contribution < -0.4 is 11.1 Å². The van der Waals surface area contributed by atoms with Gasteiger partial charge in [-0.25, -0.2) is 0 Å². The highest BCUT2D eigenvalue weighted by atomic mass is 35.5. The molecule has 0 unspecified atom stereocenters. The van der Waals surface area contributed by atoms with Gasteiger partial charge in [0.1, 0.15) is 4.99 Å². The van der Waals surface area contributed by atoms with Gasteiger partial charge < -0.3 is 11.1 Å². The fraction of sp³-hybridized carbons (Fsp3) is 0.0667. The Morgan fingerprint density at radius 1 is 1.14 bits per heavy atom. The average Bonchev–Trinajstić information content (AvgIpc) is 2.39. The molecule has 0 bridgehead atoms. The standard InChI is InChI=1S/C15H12Cl2N2OS/c1-8-4-10(6-11(16)5-8)15(20)19-13-3-2-9(14(18)21)7-12(13)17/h2-7H,1H3,(H2,18,21)(H,19,20). The van der Waals surface area contributed by atoms with Crippen molar-refractivity contribution in [2.45, 2.75) is 6.92 Å². The Morgan fingerprint density at radius 2 is 1.86 bits per heavy atom. The zero-order chi connectivity index (χ0) is 15.6. The van der Waals surface area contributed by atoms with Crippen LogP contribution in [-0.2, 0) is 0 Å². The highest BCUT2D eigenvalue weighted by Crippen LogP contribution is 2.24. The molecule has 2 aromatic rings. The number of carbonyl (C=O) groups excluding carboxylic acids is 1. The molecular formula is C15H12Cl2N2OS. The number of thiocarbonyl (C=S) groups is 1. The van der Waals surface area contributed by atoms with Crippen molar-refractivity contribution in [1.29, 1.82) is 0 Å². The summed E-state index contributed by atoms with van der Waals surface area (Å²) in [4.78, 5) is 12.5. The van der Waals surface area contributed by atoms with Gasteiger partial charge >= 0.3 is 0 Å². The van der Waals surface area contributed by atoms with Crippen LogP contribution in [0.3, 0.4) is 0 Å². The molecule has 0 heterocycles. The summed E-state index contributed by atoms with van der Waals surface area (Å²) in [5.74, 6) is -0.287. The Labute approximate surface area is 138 Å². The molecule has 2 aromatic carbocycles. The topological polar surface area (TPSA) is 55.1 Å². The van der Waals surface area contributed by atoms with Crippen molar-refractivity contribution < 1.29 is 4.79 Å². The normalized spacial score (nSPS) is 10.2. The van der Waals surface area contributed by atoms with E-state index in [2.05, 4.69) is 5.32 Å². The number of hydrogen-bond acceptors (Lipinski definition) is 2. The maximum Gasteiger partial charge on any atom is 0.255 e. The molecule has 1 amide bonds. The molecule has 3 N–H and O–H groups in total. The lowest BCUT2D eigenvalue weighted by Crippen LogP contribution is -2.13. The minimum Gasteiger partial charge on any atom is -0.389 e. The molecule has 0 fully saturated rings. The molecule has 0 aliphatic carbocycles. The molecule has 0 aliphatic rings. The zero-order valence-electron chi connectivity index (χ0n) is 11.1. The molecule has 0 aromatic heterocycles. The highest BCUT2D eigenvalue weighted by molar-refractivity contribution is 7.80. The SMILES string of the molecule is Cc1cc(Cl)cc(C(=O)Nc2ccc(C(N)=S)cc2Cl)c1. The van der Waals surface area contributed by atoms with Crippen molar-refractivity contribution in [2.24, 2.45) is 5.73 Å². The molecule has 3 nitrogen and oxygen atoms in total. The summed E-state index contributed by atoms with van der Waals surface area (Å²) in [6.45, 7) is 1.87. The van der Waals surface area contributed by atoms with E-state index in [9.17, 15) is 4.79 Å². The molecule has 0 saturated carbocycles. The lowest BCUT2D eigenvalue weighted by Gasteiger charge is -2.09. The first-order valence-corrected chi connectivity index (χ1v) is 7.21. The first-order chi connectivity index (χ1) is 9.86. The van der Waals surface area contributed by atoms with Gasteiger partial charge in [-0.3, -0.25) is 4.79 Å². The molecule has 108 valence electrons. The van der Waals surface area contributed by atoms with E-state index >= 15 is 0 Å². The quantitative estimate of drug-likeness (QED) is 0.825. The first kappa shape index (κ1) is 15.8. The van der Waals surface area contributed by atoms with Crippen LogP contribution >= 0.6 is 35.4 Å². The van der Waals surface area contributed by atoms with E-state index in [4.69, 9.17) is 41.2 Å². The molecule has 0 atom stereocenters. The number of hydrogen-bond donors (Lipinski definition) is 2. The van der Waals surface area contributed by atoms with Gasteiger partial charge in [0.25, 0.3) is 5.91 Å². The van der Waals surface area contributed by atoms with Gasteiger partial charge in [-0.1, -0.05) is 35.4 Å². The van der Waals surface area contributed by atoms with Gasteiger partial charge in [-0.05, 0) is 48.9 Å². The molecule has 6 heteroatoms. The lowest BCUT2D eigenvalue weighted by molar-refractivity contribution is 0.102. The van der Waals surface area contributed by atoms with Gasteiger partial charge in [0.05, 0.1) is 10.7 Å². The Bertz CT molecular complexity index is 711. The monoisotopic (exact) mass is 338 g/mol. The summed E-state index contributed by atoms with van der Waals surface area (Å²) < 4.78 is 0. The van der Waals surface area contributed by atoms with E-state index in [1.54, 1.807) is 36.4 Å². The zero-order valence-corrected chi connectivity index (χ0v) is 13.4. The minimum absolute atomic E-state index is 0.250. The second kappa shape index (κ2) is 6.43. The lowest BCUT2D eigenvalue weighted by atomic mass is 10.1.